The van der Waals surface area contributed by atoms with Gasteiger partial charge in [0.25, 0.3) is 0 Å². The van der Waals surface area contributed by atoms with Crippen molar-refractivity contribution in [3.63, 3.8) is 0 Å². The summed E-state index contributed by atoms with van der Waals surface area (Å²) in [5, 5.41) is 13.9. The van der Waals surface area contributed by atoms with Crippen molar-refractivity contribution in [2.24, 2.45) is 0 Å². The van der Waals surface area contributed by atoms with Gasteiger partial charge in [-0.1, -0.05) is 43.5 Å². The normalized spacial score (nSPS) is 8.33. The van der Waals surface area contributed by atoms with Gasteiger partial charge in [-0.15, -0.1) is 0 Å². The Labute approximate surface area is 89.0 Å². The zero-order chi connectivity index (χ0) is 11.8. The van der Waals surface area contributed by atoms with Crippen LogP contribution in [0.3, 0.4) is 0 Å². The second kappa shape index (κ2) is 6.43. The number of rotatable bonds is 2. The zero-order valence-electron chi connectivity index (χ0n) is 8.60. The number of carboxylic acid groups (broad SMARTS) is 2. The lowest BCUT2D eigenvalue weighted by Crippen LogP contribution is -1.83. The summed E-state index contributed by atoms with van der Waals surface area (Å²) < 4.78 is 0. The van der Waals surface area contributed by atoms with Gasteiger partial charge in [-0.2, -0.15) is 0 Å². The minimum absolute atomic E-state index is 1.15. The molecule has 0 amide bonds. The Morgan fingerprint density at radius 2 is 1.80 bits per heavy atom. The minimum atomic E-state index is -1.83. The van der Waals surface area contributed by atoms with Crippen LogP contribution in [0.1, 0.15) is 16.7 Å². The molecule has 3 nitrogen and oxygen atoms in total. The van der Waals surface area contributed by atoms with Gasteiger partial charge in [0.05, 0.1) is 0 Å². The van der Waals surface area contributed by atoms with Gasteiger partial charge in [0.15, 0.2) is 0 Å². The van der Waals surface area contributed by atoms with E-state index < -0.39 is 6.16 Å². The molecule has 1 aromatic carbocycles. The van der Waals surface area contributed by atoms with Crippen molar-refractivity contribution in [2.75, 3.05) is 0 Å². The van der Waals surface area contributed by atoms with Gasteiger partial charge >= 0.3 is 6.16 Å². The Morgan fingerprint density at radius 3 is 2.13 bits per heavy atom. The van der Waals surface area contributed by atoms with Gasteiger partial charge in [-0.25, -0.2) is 4.79 Å². The Balaban J connectivity index is 0.000000423. The molecule has 0 spiro atoms. The lowest BCUT2D eigenvalue weighted by molar-refractivity contribution is 0.137. The molecule has 1 aromatic rings. The number of hydrogen-bond donors (Lipinski definition) is 2. The molecule has 0 radical (unpaired) electrons. The smallest absolute Gasteiger partial charge is 0.450 e. The molecule has 15 heavy (non-hydrogen) atoms. The van der Waals surface area contributed by atoms with E-state index in [1.807, 2.05) is 24.3 Å². The lowest BCUT2D eigenvalue weighted by Gasteiger charge is -2.03. The Kier molecular flexibility index (Phi) is 5.56. The molecule has 0 saturated heterocycles. The van der Waals surface area contributed by atoms with Crippen LogP contribution in [0.25, 0.3) is 12.2 Å². The maximum absolute atomic E-state index is 8.56. The fourth-order valence-electron chi connectivity index (χ4n) is 1.16. The first-order valence-corrected chi connectivity index (χ1v) is 4.29. The Hall–Kier alpha value is -2.03. The van der Waals surface area contributed by atoms with Crippen molar-refractivity contribution in [1.82, 2.24) is 0 Å². The molecule has 0 bridgehead atoms. The highest BCUT2D eigenvalue weighted by atomic mass is 16.6. The third-order valence-corrected chi connectivity index (χ3v) is 1.78. The summed E-state index contributed by atoms with van der Waals surface area (Å²) in [6, 6.07) is 6.14. The van der Waals surface area contributed by atoms with E-state index in [0.717, 1.165) is 5.56 Å². The van der Waals surface area contributed by atoms with Gasteiger partial charge in [0, 0.05) is 0 Å². The maximum Gasteiger partial charge on any atom is 0.503 e. The van der Waals surface area contributed by atoms with Gasteiger partial charge < -0.3 is 10.2 Å². The summed E-state index contributed by atoms with van der Waals surface area (Å²) >= 11 is 0. The topological polar surface area (TPSA) is 57.5 Å². The highest BCUT2D eigenvalue weighted by molar-refractivity contribution is 5.65. The molecule has 0 aliphatic rings. The number of hydrogen-bond acceptors (Lipinski definition) is 1. The van der Waals surface area contributed by atoms with Crippen LogP contribution in [0.2, 0.25) is 0 Å². The van der Waals surface area contributed by atoms with E-state index in [2.05, 4.69) is 26.1 Å². The Bertz CT molecular complexity index is 363. The minimum Gasteiger partial charge on any atom is -0.450 e. The van der Waals surface area contributed by atoms with E-state index in [1.54, 1.807) is 0 Å². The second-order valence-electron chi connectivity index (χ2n) is 2.77. The highest BCUT2D eigenvalue weighted by Crippen LogP contribution is 2.15. The van der Waals surface area contributed by atoms with Crippen LogP contribution in [-0.4, -0.2) is 16.4 Å². The van der Waals surface area contributed by atoms with Gasteiger partial charge in [-0.3, -0.25) is 0 Å². The standard InChI is InChI=1S/C11H12.CH2O3/c1-4-10-8-6-7-9(3)11(10)5-2;2-1(3)4/h4-8H,1-2H2,3H3;(H2,2,3,4). The molecule has 0 heterocycles. The first-order valence-electron chi connectivity index (χ1n) is 4.29. The van der Waals surface area contributed by atoms with E-state index >= 15 is 0 Å². The number of benzene rings is 1. The van der Waals surface area contributed by atoms with Crippen molar-refractivity contribution >= 4 is 18.3 Å². The number of aryl methyl sites for hydroxylation is 1. The van der Waals surface area contributed by atoms with Crippen LogP contribution in [0.4, 0.5) is 4.79 Å². The first-order chi connectivity index (χ1) is 7.02. The van der Waals surface area contributed by atoms with E-state index in [9.17, 15) is 0 Å². The fourth-order valence-corrected chi connectivity index (χ4v) is 1.16. The average molecular weight is 206 g/mol. The molecule has 3 heteroatoms. The summed E-state index contributed by atoms with van der Waals surface area (Å²) in [7, 11) is 0. The van der Waals surface area contributed by atoms with Crippen molar-refractivity contribution in [2.45, 2.75) is 6.92 Å². The van der Waals surface area contributed by atoms with Crippen LogP contribution >= 0.6 is 0 Å². The maximum atomic E-state index is 8.56. The van der Waals surface area contributed by atoms with E-state index in [0.29, 0.717) is 0 Å². The molecule has 0 aliphatic heterocycles. The highest BCUT2D eigenvalue weighted by Gasteiger charge is 1.96. The largest absolute Gasteiger partial charge is 0.503 e. The quantitative estimate of drug-likeness (QED) is 0.778. The van der Waals surface area contributed by atoms with Crippen molar-refractivity contribution in [1.29, 1.82) is 0 Å². The number of carbonyl (C=O) groups is 1. The monoisotopic (exact) mass is 206 g/mol. The van der Waals surface area contributed by atoms with Crippen LogP contribution in [0.5, 0.6) is 0 Å². The summed E-state index contributed by atoms with van der Waals surface area (Å²) in [5.74, 6) is 0. The third-order valence-electron chi connectivity index (χ3n) is 1.78. The molecule has 0 atom stereocenters. The van der Waals surface area contributed by atoms with E-state index in [1.165, 1.54) is 11.1 Å². The lowest BCUT2D eigenvalue weighted by atomic mass is 10.0. The van der Waals surface area contributed by atoms with Gasteiger partial charge in [-0.05, 0) is 23.6 Å². The molecular formula is C12H14O3. The van der Waals surface area contributed by atoms with Crippen molar-refractivity contribution in [3.8, 4) is 0 Å². The molecule has 0 unspecified atom stereocenters. The third kappa shape index (κ3) is 4.67. The summed E-state index contributed by atoms with van der Waals surface area (Å²) in [5.41, 5.74) is 3.58. The summed E-state index contributed by atoms with van der Waals surface area (Å²) in [4.78, 5) is 8.56. The Morgan fingerprint density at radius 1 is 1.27 bits per heavy atom. The molecule has 0 fully saturated rings. The predicted octanol–water partition coefficient (Wildman–Crippen LogP) is 3.50. The SMILES string of the molecule is C=Cc1cccc(C)c1C=C.O=C(O)O. The summed E-state index contributed by atoms with van der Waals surface area (Å²) in [6.45, 7) is 9.56. The van der Waals surface area contributed by atoms with Crippen LogP contribution < -0.4 is 0 Å². The zero-order valence-corrected chi connectivity index (χ0v) is 8.60. The van der Waals surface area contributed by atoms with Crippen LogP contribution in [0, 0.1) is 6.92 Å². The predicted molar refractivity (Wildman–Crippen MR) is 62.0 cm³/mol. The van der Waals surface area contributed by atoms with E-state index in [-0.39, 0.29) is 0 Å². The molecule has 0 aromatic heterocycles. The van der Waals surface area contributed by atoms with Crippen LogP contribution in [0.15, 0.2) is 31.4 Å². The van der Waals surface area contributed by atoms with Crippen LogP contribution in [-0.2, 0) is 0 Å². The summed E-state index contributed by atoms with van der Waals surface area (Å²) in [6.07, 6.45) is 1.89. The fraction of sp³-hybridized carbons (Fsp3) is 0.0833. The molecule has 1 rings (SSSR count). The van der Waals surface area contributed by atoms with Crippen molar-refractivity contribution < 1.29 is 15.0 Å². The second-order valence-corrected chi connectivity index (χ2v) is 2.77. The molecule has 80 valence electrons. The van der Waals surface area contributed by atoms with Gasteiger partial charge in [0.2, 0.25) is 0 Å². The molecular weight excluding hydrogens is 192 g/mol. The average Bonchev–Trinajstić information content (AvgIpc) is 2.16. The first kappa shape index (κ1) is 13.0. The van der Waals surface area contributed by atoms with Gasteiger partial charge in [0.1, 0.15) is 0 Å². The molecule has 0 aliphatic carbocycles. The van der Waals surface area contributed by atoms with E-state index in [4.69, 9.17) is 15.0 Å². The van der Waals surface area contributed by atoms with Crippen molar-refractivity contribution in [3.05, 3.63) is 48.0 Å². The molecule has 0 saturated carbocycles. The molecule has 2 N–H and O–H groups in total.